The van der Waals surface area contributed by atoms with Crippen LogP contribution in [0.3, 0.4) is 0 Å². The molecule has 0 bridgehead atoms. The number of nitrogens with one attached hydrogen (secondary N) is 3. The number of hydrogen-bond donors (Lipinski definition) is 3. The lowest BCUT2D eigenvalue weighted by atomic mass is 10.2. The van der Waals surface area contributed by atoms with Crippen LogP contribution in [0.25, 0.3) is 0 Å². The number of thioether (sulfide) groups is 2. The Labute approximate surface area is 198 Å². The first-order valence-corrected chi connectivity index (χ1v) is 12.5. The Morgan fingerprint density at radius 2 is 1.50 bits per heavy atom. The van der Waals surface area contributed by atoms with E-state index in [2.05, 4.69) is 26.1 Å². The standard InChI is InChI=1S/C21H21N5O3S3/c1-14(27)22-16-7-9-17(10-8-16)23-19(29)13-31-21-26-25-20(32-21)24-18(28)12-30-11-15-5-3-2-4-6-15/h2-10H,11-13H2,1H3,(H,22,27)(H,23,29)(H,24,25,28). The summed E-state index contributed by atoms with van der Waals surface area (Å²) in [5.74, 6) is 0.746. The summed E-state index contributed by atoms with van der Waals surface area (Å²) in [7, 11) is 0. The number of aromatic nitrogens is 2. The van der Waals surface area contributed by atoms with Gasteiger partial charge < -0.3 is 10.6 Å². The maximum absolute atomic E-state index is 12.2. The van der Waals surface area contributed by atoms with Gasteiger partial charge in [-0.1, -0.05) is 53.4 Å². The molecule has 8 nitrogen and oxygen atoms in total. The molecule has 0 saturated carbocycles. The summed E-state index contributed by atoms with van der Waals surface area (Å²) < 4.78 is 0.591. The van der Waals surface area contributed by atoms with Crippen molar-refractivity contribution in [1.29, 1.82) is 0 Å². The minimum absolute atomic E-state index is 0.140. The smallest absolute Gasteiger partial charge is 0.236 e. The molecule has 32 heavy (non-hydrogen) atoms. The summed E-state index contributed by atoms with van der Waals surface area (Å²) in [6.07, 6.45) is 0. The van der Waals surface area contributed by atoms with Gasteiger partial charge in [0, 0.05) is 24.1 Å². The highest BCUT2D eigenvalue weighted by Gasteiger charge is 2.11. The predicted octanol–water partition coefficient (Wildman–Crippen LogP) is 4.10. The molecule has 2 aromatic carbocycles. The number of carbonyl (C=O) groups excluding carboxylic acids is 3. The molecule has 1 aromatic heterocycles. The van der Waals surface area contributed by atoms with Gasteiger partial charge in [0.05, 0.1) is 11.5 Å². The fourth-order valence-electron chi connectivity index (χ4n) is 2.47. The van der Waals surface area contributed by atoms with Gasteiger partial charge in [-0.2, -0.15) is 0 Å². The first-order valence-electron chi connectivity index (χ1n) is 9.53. The molecule has 166 valence electrons. The molecule has 0 atom stereocenters. The third-order valence-corrected chi connectivity index (χ3v) is 6.79. The van der Waals surface area contributed by atoms with Crippen LogP contribution < -0.4 is 16.0 Å². The number of anilines is 3. The van der Waals surface area contributed by atoms with Crippen LogP contribution in [-0.4, -0.2) is 39.4 Å². The van der Waals surface area contributed by atoms with E-state index in [0.717, 1.165) is 5.75 Å². The van der Waals surface area contributed by atoms with Gasteiger partial charge in [0.15, 0.2) is 4.34 Å². The van der Waals surface area contributed by atoms with E-state index in [9.17, 15) is 14.4 Å². The first kappa shape index (κ1) is 23.8. The second-order valence-electron chi connectivity index (χ2n) is 6.50. The summed E-state index contributed by atoms with van der Waals surface area (Å²) in [6.45, 7) is 1.43. The van der Waals surface area contributed by atoms with Crippen molar-refractivity contribution < 1.29 is 14.4 Å². The number of rotatable bonds is 10. The van der Waals surface area contributed by atoms with Crippen LogP contribution in [0, 0.1) is 0 Å². The monoisotopic (exact) mass is 487 g/mol. The van der Waals surface area contributed by atoms with Crippen LogP contribution in [0.2, 0.25) is 0 Å². The lowest BCUT2D eigenvalue weighted by Crippen LogP contribution is -2.14. The molecule has 0 radical (unpaired) electrons. The van der Waals surface area contributed by atoms with Gasteiger partial charge >= 0.3 is 0 Å². The highest BCUT2D eigenvalue weighted by molar-refractivity contribution is 8.01. The van der Waals surface area contributed by atoms with Crippen molar-refractivity contribution in [2.45, 2.75) is 17.0 Å². The highest BCUT2D eigenvalue weighted by atomic mass is 32.2. The Balaban J connectivity index is 1.37. The number of carbonyl (C=O) groups is 3. The van der Waals surface area contributed by atoms with E-state index in [-0.39, 0.29) is 23.5 Å². The summed E-state index contributed by atoms with van der Waals surface area (Å²) in [6, 6.07) is 16.8. The van der Waals surface area contributed by atoms with E-state index >= 15 is 0 Å². The molecule has 0 aliphatic rings. The van der Waals surface area contributed by atoms with Gasteiger partial charge in [0.2, 0.25) is 22.9 Å². The van der Waals surface area contributed by atoms with Crippen LogP contribution >= 0.6 is 34.9 Å². The predicted molar refractivity (Wildman–Crippen MR) is 131 cm³/mol. The second-order valence-corrected chi connectivity index (χ2v) is 9.68. The molecule has 0 aliphatic heterocycles. The molecule has 0 unspecified atom stereocenters. The third-order valence-electron chi connectivity index (χ3n) is 3.81. The molecule has 0 saturated heterocycles. The van der Waals surface area contributed by atoms with Crippen molar-refractivity contribution in [1.82, 2.24) is 10.2 Å². The summed E-state index contributed by atoms with van der Waals surface area (Å²) in [5, 5.41) is 16.6. The van der Waals surface area contributed by atoms with Gasteiger partial charge in [0.25, 0.3) is 0 Å². The highest BCUT2D eigenvalue weighted by Crippen LogP contribution is 2.26. The van der Waals surface area contributed by atoms with E-state index < -0.39 is 0 Å². The Bertz CT molecular complexity index is 1060. The Hall–Kier alpha value is -2.89. The van der Waals surface area contributed by atoms with Crippen LogP contribution in [0.15, 0.2) is 58.9 Å². The van der Waals surface area contributed by atoms with Crippen LogP contribution in [0.1, 0.15) is 12.5 Å². The molecule has 0 spiro atoms. The van der Waals surface area contributed by atoms with Crippen LogP contribution in [0.5, 0.6) is 0 Å². The van der Waals surface area contributed by atoms with Gasteiger partial charge in [-0.3, -0.25) is 19.7 Å². The fourth-order valence-corrected chi connectivity index (χ4v) is 4.83. The molecule has 3 rings (SSSR count). The second kappa shape index (κ2) is 12.2. The minimum Gasteiger partial charge on any atom is -0.326 e. The van der Waals surface area contributed by atoms with Crippen molar-refractivity contribution in [3.05, 3.63) is 60.2 Å². The molecule has 1 heterocycles. The Morgan fingerprint density at radius 3 is 2.19 bits per heavy atom. The van der Waals surface area contributed by atoms with Crippen molar-refractivity contribution >= 4 is 69.1 Å². The lowest BCUT2D eigenvalue weighted by molar-refractivity contribution is -0.114. The van der Waals surface area contributed by atoms with Gasteiger partial charge in [0.1, 0.15) is 0 Å². The van der Waals surface area contributed by atoms with E-state index in [4.69, 9.17) is 0 Å². The van der Waals surface area contributed by atoms with Crippen LogP contribution in [-0.2, 0) is 20.1 Å². The molecular weight excluding hydrogens is 466 g/mol. The largest absolute Gasteiger partial charge is 0.326 e. The first-order chi connectivity index (χ1) is 15.5. The maximum atomic E-state index is 12.2. The Morgan fingerprint density at radius 1 is 0.844 bits per heavy atom. The average molecular weight is 488 g/mol. The zero-order valence-electron chi connectivity index (χ0n) is 17.2. The third kappa shape index (κ3) is 8.33. The molecule has 0 fully saturated rings. The van der Waals surface area contributed by atoms with Gasteiger partial charge in [-0.05, 0) is 29.8 Å². The zero-order valence-corrected chi connectivity index (χ0v) is 19.6. The summed E-state index contributed by atoms with van der Waals surface area (Å²) in [5.41, 5.74) is 2.46. The van der Waals surface area contributed by atoms with Crippen molar-refractivity contribution in [2.24, 2.45) is 0 Å². The normalized spacial score (nSPS) is 10.4. The topological polar surface area (TPSA) is 113 Å². The molecule has 0 aliphatic carbocycles. The van der Waals surface area contributed by atoms with Gasteiger partial charge in [-0.25, -0.2) is 0 Å². The van der Waals surface area contributed by atoms with Crippen molar-refractivity contribution in [3.63, 3.8) is 0 Å². The van der Waals surface area contributed by atoms with E-state index in [1.807, 2.05) is 30.3 Å². The van der Waals surface area contributed by atoms with E-state index in [1.54, 1.807) is 24.3 Å². The van der Waals surface area contributed by atoms with Crippen LogP contribution in [0.4, 0.5) is 16.5 Å². The maximum Gasteiger partial charge on any atom is 0.236 e. The number of hydrogen-bond acceptors (Lipinski definition) is 8. The minimum atomic E-state index is -0.194. The molecule has 3 aromatic rings. The number of nitrogens with zero attached hydrogens (tertiary/aromatic N) is 2. The summed E-state index contributed by atoms with van der Waals surface area (Å²) in [4.78, 5) is 35.3. The lowest BCUT2D eigenvalue weighted by Gasteiger charge is -2.06. The molecule has 11 heteroatoms. The average Bonchev–Trinajstić information content (AvgIpc) is 3.21. The van der Waals surface area contributed by atoms with Gasteiger partial charge in [-0.15, -0.1) is 22.0 Å². The summed E-state index contributed by atoms with van der Waals surface area (Å²) >= 11 is 3.99. The number of amides is 3. The van der Waals surface area contributed by atoms with Crippen molar-refractivity contribution in [2.75, 3.05) is 27.5 Å². The van der Waals surface area contributed by atoms with E-state index in [0.29, 0.717) is 26.6 Å². The molecular formula is C21H21N5O3S3. The number of benzene rings is 2. The Kier molecular flexibility index (Phi) is 9.08. The van der Waals surface area contributed by atoms with Crippen molar-refractivity contribution in [3.8, 4) is 0 Å². The fraction of sp³-hybridized carbons (Fsp3) is 0.190. The quantitative estimate of drug-likeness (QED) is 0.291. The molecule has 3 N–H and O–H groups in total. The zero-order chi connectivity index (χ0) is 22.8. The molecule has 3 amide bonds. The van der Waals surface area contributed by atoms with E-state index in [1.165, 1.54) is 47.3 Å². The SMILES string of the molecule is CC(=O)Nc1ccc(NC(=O)CSc2nnc(NC(=O)CSCc3ccccc3)s2)cc1.